The van der Waals surface area contributed by atoms with Crippen LogP contribution in [0.1, 0.15) is 37.8 Å². The van der Waals surface area contributed by atoms with E-state index in [1.54, 1.807) is 6.07 Å². The molecule has 2 nitrogen and oxygen atoms in total. The van der Waals surface area contributed by atoms with Gasteiger partial charge in [-0.15, -0.1) is 0 Å². The second-order valence-electron chi connectivity index (χ2n) is 5.00. The van der Waals surface area contributed by atoms with Gasteiger partial charge in [0.2, 0.25) is 0 Å². The van der Waals surface area contributed by atoms with Gasteiger partial charge in [-0.25, -0.2) is 4.39 Å². The maximum absolute atomic E-state index is 13.1. The summed E-state index contributed by atoms with van der Waals surface area (Å²) in [7, 11) is 0. The van der Waals surface area contributed by atoms with Crippen LogP contribution in [0.2, 0.25) is 5.02 Å². The third-order valence-electron chi connectivity index (χ3n) is 3.80. The van der Waals surface area contributed by atoms with Crippen LogP contribution in [0.25, 0.3) is 0 Å². The predicted octanol–water partition coefficient (Wildman–Crippen LogP) is 3.35. The van der Waals surface area contributed by atoms with Crippen molar-refractivity contribution in [3.05, 3.63) is 34.6 Å². The summed E-state index contributed by atoms with van der Waals surface area (Å²) in [6, 6.07) is 5.19. The minimum Gasteiger partial charge on any atom is -0.329 e. The Morgan fingerprint density at radius 3 is 2.89 bits per heavy atom. The van der Waals surface area contributed by atoms with Crippen molar-refractivity contribution < 1.29 is 4.39 Å². The Bertz CT molecular complexity index is 411. The minimum absolute atomic E-state index is 0.0911. The first-order valence-electron chi connectivity index (χ1n) is 6.54. The van der Waals surface area contributed by atoms with Crippen molar-refractivity contribution in [3.63, 3.8) is 0 Å². The van der Waals surface area contributed by atoms with Gasteiger partial charge in [-0.3, -0.25) is 4.90 Å². The molecular formula is C14H20ClFN2. The highest BCUT2D eigenvalue weighted by Gasteiger charge is 2.27. The standard InChI is InChI=1S/C14H20ClFN2/c1-10-4-2-3-7-18(10)14(9-17)12-6-5-11(16)8-13(12)15/h5-6,8,10,14H,2-4,7,9,17H2,1H3. The lowest BCUT2D eigenvalue weighted by molar-refractivity contribution is 0.109. The molecule has 4 heteroatoms. The van der Waals surface area contributed by atoms with Crippen molar-refractivity contribution in [2.24, 2.45) is 5.73 Å². The Labute approximate surface area is 113 Å². The first-order valence-corrected chi connectivity index (χ1v) is 6.92. The van der Waals surface area contributed by atoms with Gasteiger partial charge >= 0.3 is 0 Å². The lowest BCUT2D eigenvalue weighted by Crippen LogP contribution is -2.43. The Hall–Kier alpha value is -0.640. The van der Waals surface area contributed by atoms with Crippen molar-refractivity contribution in [1.82, 2.24) is 4.90 Å². The monoisotopic (exact) mass is 270 g/mol. The minimum atomic E-state index is -0.300. The molecule has 2 unspecified atom stereocenters. The van der Waals surface area contributed by atoms with E-state index in [1.807, 2.05) is 0 Å². The van der Waals surface area contributed by atoms with Gasteiger partial charge in [0.25, 0.3) is 0 Å². The molecule has 100 valence electrons. The molecule has 1 aliphatic heterocycles. The molecule has 1 fully saturated rings. The van der Waals surface area contributed by atoms with Crippen LogP contribution in [0.4, 0.5) is 4.39 Å². The molecule has 0 saturated carbocycles. The maximum Gasteiger partial charge on any atom is 0.124 e. The van der Waals surface area contributed by atoms with Crippen LogP contribution in [0, 0.1) is 5.82 Å². The van der Waals surface area contributed by atoms with E-state index in [2.05, 4.69) is 11.8 Å². The van der Waals surface area contributed by atoms with E-state index in [-0.39, 0.29) is 11.9 Å². The predicted molar refractivity (Wildman–Crippen MR) is 73.2 cm³/mol. The van der Waals surface area contributed by atoms with E-state index in [4.69, 9.17) is 17.3 Å². The molecule has 2 atom stereocenters. The number of nitrogens with zero attached hydrogens (tertiary/aromatic N) is 1. The summed E-state index contributed by atoms with van der Waals surface area (Å²) in [5.74, 6) is -0.300. The van der Waals surface area contributed by atoms with Crippen molar-refractivity contribution in [1.29, 1.82) is 0 Å². The smallest absolute Gasteiger partial charge is 0.124 e. The van der Waals surface area contributed by atoms with Crippen molar-refractivity contribution in [2.75, 3.05) is 13.1 Å². The third-order valence-corrected chi connectivity index (χ3v) is 4.13. The fraction of sp³-hybridized carbons (Fsp3) is 0.571. The highest BCUT2D eigenvalue weighted by Crippen LogP contribution is 2.32. The molecule has 0 amide bonds. The van der Waals surface area contributed by atoms with E-state index in [1.165, 1.54) is 31.4 Å². The van der Waals surface area contributed by atoms with Crippen molar-refractivity contribution >= 4 is 11.6 Å². The van der Waals surface area contributed by atoms with Gasteiger partial charge in [0.1, 0.15) is 5.82 Å². The molecule has 0 spiro atoms. The van der Waals surface area contributed by atoms with E-state index in [9.17, 15) is 4.39 Å². The topological polar surface area (TPSA) is 29.3 Å². The van der Waals surface area contributed by atoms with E-state index in [0.29, 0.717) is 17.6 Å². The summed E-state index contributed by atoms with van der Waals surface area (Å²) < 4.78 is 13.1. The highest BCUT2D eigenvalue weighted by molar-refractivity contribution is 6.31. The molecular weight excluding hydrogens is 251 g/mol. The summed E-state index contributed by atoms with van der Waals surface area (Å²) >= 11 is 6.15. The molecule has 0 bridgehead atoms. The second-order valence-corrected chi connectivity index (χ2v) is 5.41. The number of nitrogens with two attached hydrogens (primary N) is 1. The van der Waals surface area contributed by atoms with Crippen LogP contribution in [0.3, 0.4) is 0 Å². The Kier molecular flexibility index (Phi) is 4.60. The van der Waals surface area contributed by atoms with Crippen LogP contribution in [0.5, 0.6) is 0 Å². The van der Waals surface area contributed by atoms with Gasteiger partial charge in [-0.1, -0.05) is 24.1 Å². The van der Waals surface area contributed by atoms with Gasteiger partial charge in [0, 0.05) is 23.7 Å². The van der Waals surface area contributed by atoms with Crippen LogP contribution >= 0.6 is 11.6 Å². The summed E-state index contributed by atoms with van der Waals surface area (Å²) in [5, 5.41) is 0.475. The first kappa shape index (κ1) is 13.8. The molecule has 1 aromatic carbocycles. The van der Waals surface area contributed by atoms with Crippen molar-refractivity contribution in [3.8, 4) is 0 Å². The normalized spacial score (nSPS) is 23.0. The van der Waals surface area contributed by atoms with Crippen LogP contribution in [0.15, 0.2) is 18.2 Å². The molecule has 1 saturated heterocycles. The molecule has 18 heavy (non-hydrogen) atoms. The highest BCUT2D eigenvalue weighted by atomic mass is 35.5. The first-order chi connectivity index (χ1) is 8.63. The zero-order valence-corrected chi connectivity index (χ0v) is 11.5. The zero-order valence-electron chi connectivity index (χ0n) is 10.7. The summed E-state index contributed by atoms with van der Waals surface area (Å²) in [5.41, 5.74) is 6.85. The number of likely N-dealkylation sites (tertiary alicyclic amines) is 1. The number of hydrogen-bond acceptors (Lipinski definition) is 2. The molecule has 2 N–H and O–H groups in total. The molecule has 0 radical (unpaired) electrons. The molecule has 1 aliphatic rings. The van der Waals surface area contributed by atoms with Gasteiger partial charge in [-0.05, 0) is 44.0 Å². The number of hydrogen-bond donors (Lipinski definition) is 1. The lowest BCUT2D eigenvalue weighted by Gasteiger charge is -2.39. The quantitative estimate of drug-likeness (QED) is 0.913. The van der Waals surface area contributed by atoms with E-state index < -0.39 is 0 Å². The van der Waals surface area contributed by atoms with Crippen LogP contribution < -0.4 is 5.73 Å². The molecule has 1 heterocycles. The number of benzene rings is 1. The van der Waals surface area contributed by atoms with Crippen LogP contribution in [-0.2, 0) is 0 Å². The molecule has 1 aromatic rings. The average Bonchev–Trinajstić information content (AvgIpc) is 2.34. The fourth-order valence-electron chi connectivity index (χ4n) is 2.80. The molecule has 2 rings (SSSR count). The summed E-state index contributed by atoms with van der Waals surface area (Å²) in [4.78, 5) is 2.39. The van der Waals surface area contributed by atoms with Gasteiger partial charge in [0.05, 0.1) is 0 Å². The summed E-state index contributed by atoms with van der Waals surface area (Å²) in [6.45, 7) is 3.77. The molecule has 0 aliphatic carbocycles. The lowest BCUT2D eigenvalue weighted by atomic mass is 9.97. The molecule has 0 aromatic heterocycles. The Balaban J connectivity index is 2.26. The fourth-order valence-corrected chi connectivity index (χ4v) is 3.09. The SMILES string of the molecule is CC1CCCCN1C(CN)c1ccc(F)cc1Cl. The number of piperidine rings is 1. The second kappa shape index (κ2) is 6.00. The van der Waals surface area contributed by atoms with E-state index >= 15 is 0 Å². The van der Waals surface area contributed by atoms with Gasteiger partial charge in [-0.2, -0.15) is 0 Å². The van der Waals surface area contributed by atoms with Crippen molar-refractivity contribution in [2.45, 2.75) is 38.3 Å². The van der Waals surface area contributed by atoms with Gasteiger partial charge in [0.15, 0.2) is 0 Å². The zero-order chi connectivity index (χ0) is 13.1. The third kappa shape index (κ3) is 2.85. The number of halogens is 2. The Morgan fingerprint density at radius 1 is 1.50 bits per heavy atom. The summed E-state index contributed by atoms with van der Waals surface area (Å²) in [6.07, 6.45) is 3.65. The van der Waals surface area contributed by atoms with Crippen LogP contribution in [-0.4, -0.2) is 24.0 Å². The number of rotatable bonds is 3. The van der Waals surface area contributed by atoms with Gasteiger partial charge < -0.3 is 5.73 Å². The van der Waals surface area contributed by atoms with E-state index in [0.717, 1.165) is 12.1 Å². The largest absolute Gasteiger partial charge is 0.329 e. The maximum atomic E-state index is 13.1. The average molecular weight is 271 g/mol. The Morgan fingerprint density at radius 2 is 2.28 bits per heavy atom.